The van der Waals surface area contributed by atoms with Crippen molar-refractivity contribution in [3.63, 3.8) is 0 Å². The lowest BCUT2D eigenvalue weighted by Crippen LogP contribution is -2.24. The molecule has 1 aromatic heterocycles. The number of aromatic nitrogens is 2. The molecule has 4 rings (SSSR count). The van der Waals surface area contributed by atoms with Crippen molar-refractivity contribution in [3.8, 4) is 23.0 Å². The molecule has 0 aliphatic heterocycles. The zero-order valence-electron chi connectivity index (χ0n) is 16.7. The summed E-state index contributed by atoms with van der Waals surface area (Å²) in [4.78, 5) is 12.8. The molecule has 32 heavy (non-hydrogen) atoms. The normalized spacial score (nSPS) is 10.9. The summed E-state index contributed by atoms with van der Waals surface area (Å²) < 4.78 is 1.61. The Morgan fingerprint density at radius 3 is 2.28 bits per heavy atom. The number of amides is 1. The smallest absolute Gasteiger partial charge is 0.288 e. The Balaban J connectivity index is 1.62. The lowest BCUT2D eigenvalue weighted by Gasteiger charge is -2.08. The molecule has 0 bridgehead atoms. The molecular formula is C24H17ClN6O. The van der Waals surface area contributed by atoms with Crippen LogP contribution in [0.2, 0.25) is 5.02 Å². The van der Waals surface area contributed by atoms with Crippen LogP contribution in [0.25, 0.3) is 16.9 Å². The summed E-state index contributed by atoms with van der Waals surface area (Å²) in [6, 6.07) is 29.3. The van der Waals surface area contributed by atoms with Gasteiger partial charge in [0.2, 0.25) is 5.71 Å². The van der Waals surface area contributed by atoms with Crippen LogP contribution in [0.3, 0.4) is 0 Å². The molecule has 4 aromatic rings. The molecule has 1 heterocycles. The minimum absolute atomic E-state index is 0.331. The van der Waals surface area contributed by atoms with Gasteiger partial charge in [0, 0.05) is 16.7 Å². The molecule has 0 fully saturated rings. The van der Waals surface area contributed by atoms with Gasteiger partial charge in [0.15, 0.2) is 0 Å². The molecule has 8 heteroatoms. The van der Waals surface area contributed by atoms with Gasteiger partial charge in [-0.1, -0.05) is 60.1 Å². The highest BCUT2D eigenvalue weighted by Gasteiger charge is 2.17. The quantitative estimate of drug-likeness (QED) is 0.321. The fraction of sp³-hybridized carbons (Fsp3) is 0. The zero-order valence-corrected chi connectivity index (χ0v) is 17.5. The van der Waals surface area contributed by atoms with Gasteiger partial charge in [0.1, 0.15) is 11.9 Å². The minimum atomic E-state index is -0.661. The van der Waals surface area contributed by atoms with Crippen molar-refractivity contribution in [3.05, 3.63) is 96.0 Å². The van der Waals surface area contributed by atoms with Gasteiger partial charge >= 0.3 is 0 Å². The summed E-state index contributed by atoms with van der Waals surface area (Å²) in [5, 5.41) is 21.3. The molecule has 1 amide bonds. The fourth-order valence-corrected chi connectivity index (χ4v) is 3.06. The molecule has 156 valence electrons. The van der Waals surface area contributed by atoms with E-state index in [1.54, 1.807) is 35.0 Å². The maximum Gasteiger partial charge on any atom is 0.288 e. The summed E-state index contributed by atoms with van der Waals surface area (Å²) in [6.45, 7) is 0. The van der Waals surface area contributed by atoms with E-state index in [0.29, 0.717) is 22.2 Å². The van der Waals surface area contributed by atoms with Gasteiger partial charge in [-0.3, -0.25) is 10.2 Å². The van der Waals surface area contributed by atoms with Gasteiger partial charge in [-0.2, -0.15) is 15.5 Å². The van der Waals surface area contributed by atoms with E-state index in [0.717, 1.165) is 11.3 Å². The molecule has 7 nitrogen and oxygen atoms in total. The third-order valence-corrected chi connectivity index (χ3v) is 4.74. The number of anilines is 2. The molecule has 0 aliphatic rings. The number of carbonyl (C=O) groups is 1. The van der Waals surface area contributed by atoms with Crippen LogP contribution in [0.1, 0.15) is 0 Å². The van der Waals surface area contributed by atoms with Crippen LogP contribution in [0.15, 0.2) is 96.1 Å². The number of nitriles is 1. The Kier molecular flexibility index (Phi) is 6.25. The Labute approximate surface area is 189 Å². The molecule has 0 aliphatic carbocycles. The van der Waals surface area contributed by atoms with Crippen LogP contribution in [-0.2, 0) is 4.79 Å². The predicted molar refractivity (Wildman–Crippen MR) is 126 cm³/mol. The van der Waals surface area contributed by atoms with Crippen LogP contribution in [0, 0.1) is 11.3 Å². The third kappa shape index (κ3) is 4.83. The first-order valence-electron chi connectivity index (χ1n) is 9.65. The Bertz CT molecular complexity index is 1290. The average Bonchev–Trinajstić information content (AvgIpc) is 3.25. The van der Waals surface area contributed by atoms with Crippen molar-refractivity contribution >= 4 is 34.7 Å². The molecule has 3 aromatic carbocycles. The van der Waals surface area contributed by atoms with Crippen molar-refractivity contribution in [2.45, 2.75) is 0 Å². The van der Waals surface area contributed by atoms with Crippen LogP contribution in [-0.4, -0.2) is 21.4 Å². The molecular weight excluding hydrogens is 424 g/mol. The predicted octanol–water partition coefficient (Wildman–Crippen LogP) is 5.12. The SMILES string of the molecule is N#C/C(=N\Nc1ccc(Cl)cc1)C(=O)Nc1cc(-c2ccccc2)nn1-c1ccccc1. The molecule has 2 N–H and O–H groups in total. The van der Waals surface area contributed by atoms with E-state index in [-0.39, 0.29) is 5.71 Å². The Hall–Kier alpha value is -4.41. The number of hydrazone groups is 1. The maximum absolute atomic E-state index is 12.8. The second-order valence-electron chi connectivity index (χ2n) is 6.67. The first-order valence-corrected chi connectivity index (χ1v) is 10.0. The number of benzene rings is 3. The lowest BCUT2D eigenvalue weighted by molar-refractivity contribution is -0.110. The van der Waals surface area contributed by atoms with E-state index in [4.69, 9.17) is 11.6 Å². The number of carbonyl (C=O) groups excluding carboxylic acids is 1. The van der Waals surface area contributed by atoms with Gasteiger partial charge in [0.25, 0.3) is 5.91 Å². The fourth-order valence-electron chi connectivity index (χ4n) is 2.93. The van der Waals surface area contributed by atoms with Crippen LogP contribution in [0.4, 0.5) is 11.5 Å². The number of hydrogen-bond acceptors (Lipinski definition) is 5. The van der Waals surface area contributed by atoms with E-state index in [1.807, 2.05) is 66.7 Å². The number of hydrogen-bond donors (Lipinski definition) is 2. The highest BCUT2D eigenvalue weighted by molar-refractivity contribution is 6.48. The second-order valence-corrected chi connectivity index (χ2v) is 7.11. The van der Waals surface area contributed by atoms with E-state index in [1.165, 1.54) is 0 Å². The summed E-state index contributed by atoms with van der Waals surface area (Å²) in [6.07, 6.45) is 0. The topological polar surface area (TPSA) is 95.1 Å². The summed E-state index contributed by atoms with van der Waals surface area (Å²) >= 11 is 5.87. The van der Waals surface area contributed by atoms with Gasteiger partial charge in [0.05, 0.1) is 17.1 Å². The van der Waals surface area contributed by atoms with Crippen LogP contribution in [0.5, 0.6) is 0 Å². The Morgan fingerprint density at radius 2 is 1.62 bits per heavy atom. The van der Waals surface area contributed by atoms with E-state index >= 15 is 0 Å². The third-order valence-electron chi connectivity index (χ3n) is 4.48. The summed E-state index contributed by atoms with van der Waals surface area (Å²) in [5.74, 6) is -0.250. The van der Waals surface area contributed by atoms with E-state index in [2.05, 4.69) is 20.9 Å². The maximum atomic E-state index is 12.8. The first-order chi connectivity index (χ1) is 15.6. The first kappa shape index (κ1) is 20.8. The number of nitrogens with one attached hydrogen (secondary N) is 2. The van der Waals surface area contributed by atoms with Crippen molar-refractivity contribution in [1.82, 2.24) is 9.78 Å². The number of rotatable bonds is 6. The highest BCUT2D eigenvalue weighted by atomic mass is 35.5. The van der Waals surface area contributed by atoms with Crippen molar-refractivity contribution < 1.29 is 4.79 Å². The van der Waals surface area contributed by atoms with Crippen molar-refractivity contribution in [2.24, 2.45) is 5.10 Å². The highest BCUT2D eigenvalue weighted by Crippen LogP contribution is 2.24. The Morgan fingerprint density at radius 1 is 0.969 bits per heavy atom. The summed E-state index contributed by atoms with van der Waals surface area (Å²) in [7, 11) is 0. The minimum Gasteiger partial charge on any atom is -0.304 e. The molecule has 0 atom stereocenters. The van der Waals surface area contributed by atoms with Gasteiger partial charge in [-0.25, -0.2) is 4.68 Å². The average molecular weight is 441 g/mol. The number of halogens is 1. The molecule has 0 radical (unpaired) electrons. The molecule has 0 unspecified atom stereocenters. The van der Waals surface area contributed by atoms with Gasteiger partial charge in [-0.15, -0.1) is 0 Å². The van der Waals surface area contributed by atoms with Gasteiger partial charge in [-0.05, 0) is 36.4 Å². The number of nitrogens with zero attached hydrogens (tertiary/aromatic N) is 4. The van der Waals surface area contributed by atoms with Gasteiger partial charge < -0.3 is 5.32 Å². The molecule has 0 saturated heterocycles. The molecule has 0 spiro atoms. The monoisotopic (exact) mass is 440 g/mol. The van der Waals surface area contributed by atoms with E-state index < -0.39 is 5.91 Å². The standard InChI is InChI=1S/C24H17ClN6O/c25-18-11-13-19(14-12-18)28-29-22(16-26)24(32)27-23-15-21(17-7-3-1-4-8-17)30-31(23)20-9-5-2-6-10-20/h1-15,28H,(H,27,32)/b29-22+. The summed E-state index contributed by atoms with van der Waals surface area (Å²) in [5.41, 5.74) is 5.30. The van der Waals surface area contributed by atoms with Crippen molar-refractivity contribution in [2.75, 3.05) is 10.7 Å². The van der Waals surface area contributed by atoms with Crippen LogP contribution >= 0.6 is 11.6 Å². The largest absolute Gasteiger partial charge is 0.304 e. The number of para-hydroxylation sites is 1. The zero-order chi connectivity index (χ0) is 22.3. The van der Waals surface area contributed by atoms with Crippen molar-refractivity contribution in [1.29, 1.82) is 5.26 Å². The van der Waals surface area contributed by atoms with E-state index in [9.17, 15) is 10.1 Å². The molecule has 0 saturated carbocycles. The van der Waals surface area contributed by atoms with Crippen LogP contribution < -0.4 is 10.7 Å². The lowest BCUT2D eigenvalue weighted by atomic mass is 10.1. The second kappa shape index (κ2) is 9.60.